The fourth-order valence-electron chi connectivity index (χ4n) is 6.97. The van der Waals surface area contributed by atoms with E-state index in [0.717, 1.165) is 30.2 Å². The van der Waals surface area contributed by atoms with Gasteiger partial charge in [0, 0.05) is 12.5 Å². The number of rotatable bonds is 8. The Hall–Kier alpha value is -0.200. The van der Waals surface area contributed by atoms with Crippen LogP contribution < -0.4 is 16.1 Å². The molecule has 4 aliphatic rings. The molecule has 7 atom stereocenters. The summed E-state index contributed by atoms with van der Waals surface area (Å²) >= 11 is 0. The summed E-state index contributed by atoms with van der Waals surface area (Å²) in [5.41, 5.74) is 3.02. The van der Waals surface area contributed by atoms with Crippen LogP contribution in [0.2, 0.25) is 0 Å². The molecule has 0 amide bonds. The molecule has 0 radical (unpaired) electrons. The number of hydroxylamine groups is 1. The lowest BCUT2D eigenvalue weighted by molar-refractivity contribution is -0.105. The second-order valence-corrected chi connectivity index (χ2v) is 10.4. The van der Waals surface area contributed by atoms with Gasteiger partial charge in [0.1, 0.15) is 0 Å². The lowest BCUT2D eigenvalue weighted by Gasteiger charge is -2.45. The Kier molecular flexibility index (Phi) is 8.27. The molecule has 5 heteroatoms. The fraction of sp³-hybridized carbons (Fsp3) is 1.00. The van der Waals surface area contributed by atoms with Crippen molar-refractivity contribution in [3.8, 4) is 0 Å². The van der Waals surface area contributed by atoms with Gasteiger partial charge in [-0.1, -0.05) is 44.9 Å². The maximum Gasteiger partial charge on any atom is 0.154 e. The minimum Gasteiger partial charge on any atom is -0.373 e. The highest BCUT2D eigenvalue weighted by molar-refractivity contribution is 4.91. The molecule has 3 aliphatic carbocycles. The van der Waals surface area contributed by atoms with E-state index in [9.17, 15) is 0 Å². The molecule has 3 saturated carbocycles. The first-order chi connectivity index (χ1) is 14.2. The summed E-state index contributed by atoms with van der Waals surface area (Å²) in [6, 6.07) is 0. The van der Waals surface area contributed by atoms with Gasteiger partial charge in [0.2, 0.25) is 0 Å². The van der Waals surface area contributed by atoms with E-state index in [1.54, 1.807) is 0 Å². The summed E-state index contributed by atoms with van der Waals surface area (Å²) in [4.78, 5) is 5.66. The van der Waals surface area contributed by atoms with Gasteiger partial charge in [0.05, 0.1) is 18.9 Å². The lowest BCUT2D eigenvalue weighted by atomic mass is 9.63. The zero-order valence-corrected chi connectivity index (χ0v) is 18.8. The van der Waals surface area contributed by atoms with Gasteiger partial charge in [-0.3, -0.25) is 10.2 Å². The minimum atomic E-state index is -0.0274. The summed E-state index contributed by atoms with van der Waals surface area (Å²) in [5.74, 6) is 4.19. The van der Waals surface area contributed by atoms with Crippen molar-refractivity contribution in [3.05, 3.63) is 0 Å². The van der Waals surface area contributed by atoms with Crippen molar-refractivity contribution in [2.75, 3.05) is 20.2 Å². The monoisotopic (exact) mass is 407 g/mol. The molecule has 1 aliphatic heterocycles. The predicted octanol–water partition coefficient (Wildman–Crippen LogP) is 4.19. The van der Waals surface area contributed by atoms with Crippen LogP contribution in [0.15, 0.2) is 0 Å². The molecule has 168 valence electrons. The molecule has 4 fully saturated rings. The molecule has 5 nitrogen and oxygen atoms in total. The Bertz CT molecular complexity index is 485. The van der Waals surface area contributed by atoms with Crippen molar-refractivity contribution in [1.29, 1.82) is 0 Å². The highest BCUT2D eigenvalue weighted by atomic mass is 16.7. The third-order valence-electron chi connectivity index (χ3n) is 8.43. The fourth-order valence-corrected chi connectivity index (χ4v) is 6.97. The maximum absolute atomic E-state index is 6.75. The normalized spacial score (nSPS) is 38.5. The first-order valence-corrected chi connectivity index (χ1v) is 12.7. The van der Waals surface area contributed by atoms with E-state index in [0.29, 0.717) is 18.6 Å². The standard InChI is InChI=1S/C24H45N3O2/c1-17-26-23(29-27-17)16-28-24(19-9-4-3-5-10-19)22(15-25-2)21-13-12-18-8-6-7-11-20(18)14-21/h17-27H,3-16H2,1-2H3/t17?,18?,20?,21?,22-,23?,24-/m1/s1. The van der Waals surface area contributed by atoms with Crippen molar-refractivity contribution in [2.45, 2.75) is 102 Å². The van der Waals surface area contributed by atoms with Crippen molar-refractivity contribution in [2.24, 2.45) is 29.6 Å². The summed E-state index contributed by atoms with van der Waals surface area (Å²) in [6.07, 6.45) is 17.6. The van der Waals surface area contributed by atoms with Gasteiger partial charge in [-0.25, -0.2) is 0 Å². The first-order valence-electron chi connectivity index (χ1n) is 12.7. The van der Waals surface area contributed by atoms with Gasteiger partial charge in [0.15, 0.2) is 6.23 Å². The molecule has 29 heavy (non-hydrogen) atoms. The van der Waals surface area contributed by atoms with Crippen LogP contribution in [0, 0.1) is 29.6 Å². The molecule has 0 spiro atoms. The van der Waals surface area contributed by atoms with E-state index in [-0.39, 0.29) is 12.4 Å². The zero-order valence-electron chi connectivity index (χ0n) is 18.8. The largest absolute Gasteiger partial charge is 0.373 e. The van der Waals surface area contributed by atoms with Crippen LogP contribution >= 0.6 is 0 Å². The van der Waals surface area contributed by atoms with Gasteiger partial charge < -0.3 is 10.1 Å². The second-order valence-electron chi connectivity index (χ2n) is 10.4. The first kappa shape index (κ1) is 22.0. The topological polar surface area (TPSA) is 54.5 Å². The van der Waals surface area contributed by atoms with Crippen LogP contribution in [0.3, 0.4) is 0 Å². The van der Waals surface area contributed by atoms with Crippen LogP contribution in [-0.4, -0.2) is 38.7 Å². The maximum atomic E-state index is 6.75. The number of hydrogen-bond acceptors (Lipinski definition) is 5. The van der Waals surface area contributed by atoms with Crippen molar-refractivity contribution in [1.82, 2.24) is 16.1 Å². The highest BCUT2D eigenvalue weighted by Crippen LogP contribution is 2.47. The quantitative estimate of drug-likeness (QED) is 0.563. The number of ether oxygens (including phenoxy) is 1. The minimum absolute atomic E-state index is 0.0274. The SMILES string of the molecule is CNC[C@H](C1CCC2CCCCC2C1)[C@H](OCC1NC(C)NO1)C1CCCCC1. The molecule has 5 unspecified atom stereocenters. The smallest absolute Gasteiger partial charge is 0.154 e. The number of nitrogens with one attached hydrogen (secondary N) is 3. The van der Waals surface area contributed by atoms with E-state index >= 15 is 0 Å². The van der Waals surface area contributed by atoms with E-state index in [1.165, 1.54) is 77.0 Å². The molecule has 0 aromatic carbocycles. The zero-order chi connectivity index (χ0) is 20.1. The third kappa shape index (κ3) is 5.74. The van der Waals surface area contributed by atoms with Gasteiger partial charge in [-0.15, -0.1) is 0 Å². The Labute approximate surface area is 178 Å². The lowest BCUT2D eigenvalue weighted by Crippen LogP contribution is -2.46. The summed E-state index contributed by atoms with van der Waals surface area (Å²) in [5, 5.41) is 6.98. The van der Waals surface area contributed by atoms with Crippen LogP contribution in [-0.2, 0) is 9.57 Å². The molecule has 1 saturated heterocycles. The predicted molar refractivity (Wildman–Crippen MR) is 117 cm³/mol. The summed E-state index contributed by atoms with van der Waals surface area (Å²) in [6.45, 7) is 3.83. The van der Waals surface area contributed by atoms with Crippen LogP contribution in [0.4, 0.5) is 0 Å². The summed E-state index contributed by atoms with van der Waals surface area (Å²) in [7, 11) is 2.13. The molecule has 4 rings (SSSR count). The molecule has 0 aromatic rings. The van der Waals surface area contributed by atoms with Crippen LogP contribution in [0.1, 0.15) is 84.0 Å². The van der Waals surface area contributed by atoms with Crippen LogP contribution in [0.5, 0.6) is 0 Å². The Morgan fingerprint density at radius 3 is 2.41 bits per heavy atom. The van der Waals surface area contributed by atoms with Crippen molar-refractivity contribution < 1.29 is 9.57 Å². The average molecular weight is 408 g/mol. The number of fused-ring (bicyclic) bond motifs is 1. The molecule has 3 N–H and O–H groups in total. The molecular weight excluding hydrogens is 362 g/mol. The van der Waals surface area contributed by atoms with Gasteiger partial charge in [-0.2, -0.15) is 5.48 Å². The van der Waals surface area contributed by atoms with Gasteiger partial charge >= 0.3 is 0 Å². The van der Waals surface area contributed by atoms with E-state index in [2.05, 4.69) is 30.1 Å². The molecule has 1 heterocycles. The second kappa shape index (κ2) is 10.9. The van der Waals surface area contributed by atoms with Crippen molar-refractivity contribution in [3.63, 3.8) is 0 Å². The van der Waals surface area contributed by atoms with Crippen molar-refractivity contribution >= 4 is 0 Å². The van der Waals surface area contributed by atoms with E-state index in [1.807, 2.05) is 0 Å². The Balaban J connectivity index is 1.44. The van der Waals surface area contributed by atoms with Crippen LogP contribution in [0.25, 0.3) is 0 Å². The third-order valence-corrected chi connectivity index (χ3v) is 8.43. The molecular formula is C24H45N3O2. The molecule has 0 bridgehead atoms. The van der Waals surface area contributed by atoms with Gasteiger partial charge in [0.25, 0.3) is 0 Å². The number of hydrogen-bond donors (Lipinski definition) is 3. The average Bonchev–Trinajstić information content (AvgIpc) is 3.18. The highest BCUT2D eigenvalue weighted by Gasteiger charge is 2.41. The molecule has 0 aromatic heterocycles. The van der Waals surface area contributed by atoms with E-state index in [4.69, 9.17) is 9.57 Å². The Morgan fingerprint density at radius 2 is 1.69 bits per heavy atom. The van der Waals surface area contributed by atoms with Gasteiger partial charge in [-0.05, 0) is 69.7 Å². The Morgan fingerprint density at radius 1 is 0.931 bits per heavy atom. The van der Waals surface area contributed by atoms with E-state index < -0.39 is 0 Å². The summed E-state index contributed by atoms with van der Waals surface area (Å²) < 4.78 is 6.75.